The van der Waals surface area contributed by atoms with E-state index in [-0.39, 0.29) is 0 Å². The molecule has 2 aromatic rings. The molecule has 0 atom stereocenters. The van der Waals surface area contributed by atoms with E-state index in [9.17, 15) is 0 Å². The van der Waals surface area contributed by atoms with Crippen LogP contribution in [0.2, 0.25) is 5.28 Å². The van der Waals surface area contributed by atoms with Gasteiger partial charge >= 0.3 is 0 Å². The molecule has 0 aliphatic heterocycles. The number of hydrogen-bond donors (Lipinski definition) is 0. The zero-order valence-electron chi connectivity index (χ0n) is 6.76. The Labute approximate surface area is 80.1 Å². The summed E-state index contributed by atoms with van der Waals surface area (Å²) in [6.45, 7) is 0.604. The first kappa shape index (κ1) is 8.19. The standard InChI is InChI=1S/C8H7ClN4/c9-8-10-11-12-13(8)6-7-4-2-1-3-5-7/h1-5H,6H2. The lowest BCUT2D eigenvalue weighted by Gasteiger charge is -1.99. The smallest absolute Gasteiger partial charge is 0.212 e. The molecule has 2 rings (SSSR count). The maximum absolute atomic E-state index is 5.72. The normalized spacial score (nSPS) is 10.2. The van der Waals surface area contributed by atoms with Gasteiger partial charge in [0.2, 0.25) is 5.28 Å². The minimum atomic E-state index is 0.309. The van der Waals surface area contributed by atoms with E-state index in [0.29, 0.717) is 11.8 Å². The molecular weight excluding hydrogens is 188 g/mol. The van der Waals surface area contributed by atoms with Crippen LogP contribution >= 0.6 is 11.6 Å². The second-order valence-electron chi connectivity index (χ2n) is 2.59. The predicted molar refractivity (Wildman–Crippen MR) is 48.4 cm³/mol. The van der Waals surface area contributed by atoms with E-state index in [4.69, 9.17) is 11.6 Å². The molecule has 1 aromatic carbocycles. The third-order valence-electron chi connectivity index (χ3n) is 1.66. The summed E-state index contributed by atoms with van der Waals surface area (Å²) < 4.78 is 1.54. The lowest BCUT2D eigenvalue weighted by molar-refractivity contribution is 0.649. The van der Waals surface area contributed by atoms with E-state index in [0.717, 1.165) is 5.56 Å². The summed E-state index contributed by atoms with van der Waals surface area (Å²) in [5.74, 6) is 0. The van der Waals surface area contributed by atoms with Gasteiger partial charge in [-0.3, -0.25) is 0 Å². The van der Waals surface area contributed by atoms with Crippen molar-refractivity contribution in [3.8, 4) is 0 Å². The number of nitrogens with zero attached hydrogens (tertiary/aromatic N) is 4. The highest BCUT2D eigenvalue weighted by atomic mass is 35.5. The molecular formula is C8H7ClN4. The molecule has 0 radical (unpaired) electrons. The largest absolute Gasteiger partial charge is 0.243 e. The number of aromatic nitrogens is 4. The molecule has 0 N–H and O–H groups in total. The fourth-order valence-corrected chi connectivity index (χ4v) is 1.17. The van der Waals surface area contributed by atoms with Crippen molar-refractivity contribution in [2.24, 2.45) is 0 Å². The zero-order valence-corrected chi connectivity index (χ0v) is 7.52. The first-order chi connectivity index (χ1) is 6.36. The van der Waals surface area contributed by atoms with Crippen LogP contribution in [0.25, 0.3) is 0 Å². The van der Waals surface area contributed by atoms with Gasteiger partial charge in [0.1, 0.15) is 0 Å². The van der Waals surface area contributed by atoms with Gasteiger partial charge in [0.25, 0.3) is 0 Å². The highest BCUT2D eigenvalue weighted by molar-refractivity contribution is 6.28. The maximum atomic E-state index is 5.72. The topological polar surface area (TPSA) is 43.6 Å². The van der Waals surface area contributed by atoms with Gasteiger partial charge in [-0.2, -0.15) is 0 Å². The van der Waals surface area contributed by atoms with Gasteiger partial charge < -0.3 is 0 Å². The summed E-state index contributed by atoms with van der Waals surface area (Å²) >= 11 is 5.72. The van der Waals surface area contributed by atoms with Crippen molar-refractivity contribution < 1.29 is 0 Å². The molecule has 0 unspecified atom stereocenters. The second kappa shape index (κ2) is 3.53. The second-order valence-corrected chi connectivity index (χ2v) is 2.93. The van der Waals surface area contributed by atoms with Gasteiger partial charge in [-0.05, 0) is 27.6 Å². The summed E-state index contributed by atoms with van der Waals surface area (Å²) in [4.78, 5) is 0. The Balaban J connectivity index is 2.20. The van der Waals surface area contributed by atoms with Crippen molar-refractivity contribution in [3.63, 3.8) is 0 Å². The Bertz CT molecular complexity index is 384. The molecule has 0 fully saturated rings. The summed E-state index contributed by atoms with van der Waals surface area (Å²) in [6.07, 6.45) is 0. The molecule has 0 aliphatic carbocycles. The molecule has 0 bridgehead atoms. The number of tetrazole rings is 1. The Morgan fingerprint density at radius 1 is 1.23 bits per heavy atom. The SMILES string of the molecule is Clc1nnnn1Cc1ccccc1. The Morgan fingerprint density at radius 3 is 2.62 bits per heavy atom. The lowest BCUT2D eigenvalue weighted by Crippen LogP contribution is -2.01. The van der Waals surface area contributed by atoms with E-state index in [1.807, 2.05) is 30.3 Å². The maximum Gasteiger partial charge on any atom is 0.243 e. The van der Waals surface area contributed by atoms with Crippen LogP contribution in [-0.4, -0.2) is 20.2 Å². The van der Waals surface area contributed by atoms with E-state index in [2.05, 4.69) is 15.5 Å². The van der Waals surface area contributed by atoms with Crippen LogP contribution in [0.3, 0.4) is 0 Å². The highest BCUT2D eigenvalue weighted by Crippen LogP contribution is 2.05. The Morgan fingerprint density at radius 2 is 2.00 bits per heavy atom. The minimum Gasteiger partial charge on any atom is -0.212 e. The van der Waals surface area contributed by atoms with Crippen molar-refractivity contribution in [1.82, 2.24) is 20.2 Å². The molecule has 5 heteroatoms. The molecule has 0 aliphatic rings. The van der Waals surface area contributed by atoms with Gasteiger partial charge in [-0.25, -0.2) is 4.68 Å². The quantitative estimate of drug-likeness (QED) is 0.726. The van der Waals surface area contributed by atoms with Crippen LogP contribution in [0, 0.1) is 0 Å². The fourth-order valence-electron chi connectivity index (χ4n) is 1.05. The summed E-state index contributed by atoms with van der Waals surface area (Å²) in [7, 11) is 0. The Kier molecular flexibility index (Phi) is 2.23. The summed E-state index contributed by atoms with van der Waals surface area (Å²) in [5, 5.41) is 11.1. The van der Waals surface area contributed by atoms with Gasteiger partial charge in [0, 0.05) is 0 Å². The van der Waals surface area contributed by atoms with E-state index in [1.165, 1.54) is 4.68 Å². The molecule has 4 nitrogen and oxygen atoms in total. The molecule has 0 amide bonds. The molecule has 0 spiro atoms. The molecule has 0 saturated heterocycles. The fraction of sp³-hybridized carbons (Fsp3) is 0.125. The molecule has 66 valence electrons. The summed E-state index contributed by atoms with van der Waals surface area (Å²) in [6, 6.07) is 9.89. The minimum absolute atomic E-state index is 0.309. The lowest BCUT2D eigenvalue weighted by atomic mass is 10.2. The average molecular weight is 195 g/mol. The number of rotatable bonds is 2. The number of halogens is 1. The van der Waals surface area contributed by atoms with Crippen molar-refractivity contribution >= 4 is 11.6 Å². The monoisotopic (exact) mass is 194 g/mol. The van der Waals surface area contributed by atoms with Crippen LogP contribution in [0.15, 0.2) is 30.3 Å². The first-order valence-electron chi connectivity index (χ1n) is 3.82. The highest BCUT2D eigenvalue weighted by Gasteiger charge is 2.01. The molecule has 1 heterocycles. The third-order valence-corrected chi connectivity index (χ3v) is 1.93. The molecule has 13 heavy (non-hydrogen) atoms. The number of hydrogen-bond acceptors (Lipinski definition) is 3. The van der Waals surface area contributed by atoms with Crippen LogP contribution in [0.5, 0.6) is 0 Å². The Hall–Kier alpha value is -1.42. The first-order valence-corrected chi connectivity index (χ1v) is 4.19. The van der Waals surface area contributed by atoms with E-state index >= 15 is 0 Å². The van der Waals surface area contributed by atoms with Gasteiger partial charge in [0.05, 0.1) is 6.54 Å². The van der Waals surface area contributed by atoms with E-state index in [1.54, 1.807) is 0 Å². The van der Waals surface area contributed by atoms with Gasteiger partial charge in [-0.1, -0.05) is 35.4 Å². The molecule has 1 aromatic heterocycles. The van der Waals surface area contributed by atoms with E-state index < -0.39 is 0 Å². The van der Waals surface area contributed by atoms with Crippen molar-refractivity contribution in [1.29, 1.82) is 0 Å². The third kappa shape index (κ3) is 1.84. The van der Waals surface area contributed by atoms with Gasteiger partial charge in [0.15, 0.2) is 0 Å². The zero-order chi connectivity index (χ0) is 9.10. The van der Waals surface area contributed by atoms with Crippen molar-refractivity contribution in [2.75, 3.05) is 0 Å². The summed E-state index contributed by atoms with van der Waals surface area (Å²) in [5.41, 5.74) is 1.12. The van der Waals surface area contributed by atoms with Crippen LogP contribution in [0.1, 0.15) is 5.56 Å². The number of benzene rings is 1. The van der Waals surface area contributed by atoms with Crippen molar-refractivity contribution in [3.05, 3.63) is 41.2 Å². The van der Waals surface area contributed by atoms with Gasteiger partial charge in [-0.15, -0.1) is 0 Å². The van der Waals surface area contributed by atoms with Crippen molar-refractivity contribution in [2.45, 2.75) is 6.54 Å². The molecule has 0 saturated carbocycles. The average Bonchev–Trinajstić information content (AvgIpc) is 2.54. The van der Waals surface area contributed by atoms with Crippen LogP contribution in [-0.2, 0) is 6.54 Å². The van der Waals surface area contributed by atoms with Crippen LogP contribution < -0.4 is 0 Å². The predicted octanol–water partition coefficient (Wildman–Crippen LogP) is 1.37. The van der Waals surface area contributed by atoms with Crippen LogP contribution in [0.4, 0.5) is 0 Å².